The van der Waals surface area contributed by atoms with Crippen molar-refractivity contribution < 1.29 is 13.2 Å². The molecule has 0 atom stereocenters. The first kappa shape index (κ1) is 12.1. The van der Waals surface area contributed by atoms with Gasteiger partial charge in [0.1, 0.15) is 5.75 Å². The van der Waals surface area contributed by atoms with Crippen molar-refractivity contribution in [2.45, 2.75) is 0 Å². The molecule has 0 saturated heterocycles. The van der Waals surface area contributed by atoms with Gasteiger partial charge in [-0.25, -0.2) is 8.42 Å². The fourth-order valence-electron chi connectivity index (χ4n) is 0.916. The van der Waals surface area contributed by atoms with Gasteiger partial charge in [-0.05, 0) is 24.1 Å². The van der Waals surface area contributed by atoms with E-state index in [1.165, 1.54) is 7.11 Å². The Labute approximate surface area is 97.5 Å². The summed E-state index contributed by atoms with van der Waals surface area (Å²) in [5.41, 5.74) is 0.547. The first-order valence-electron chi connectivity index (χ1n) is 3.99. The van der Waals surface area contributed by atoms with Gasteiger partial charge in [-0.2, -0.15) is 0 Å². The van der Waals surface area contributed by atoms with E-state index in [1.807, 2.05) is 0 Å². The normalized spacial score (nSPS) is 10.3. The molecule has 1 aromatic rings. The first-order chi connectivity index (χ1) is 6.92. The van der Waals surface area contributed by atoms with Gasteiger partial charge in [0, 0.05) is 9.73 Å². The van der Waals surface area contributed by atoms with Gasteiger partial charge < -0.3 is 4.74 Å². The lowest BCUT2D eigenvalue weighted by atomic mass is 10.2. The number of ether oxygens (including phenoxy) is 1. The van der Waals surface area contributed by atoms with E-state index in [0.29, 0.717) is 11.3 Å². The molecule has 1 rings (SSSR count). The van der Waals surface area contributed by atoms with Crippen LogP contribution in [0.3, 0.4) is 0 Å². The Morgan fingerprint density at radius 3 is 2.60 bits per heavy atom. The van der Waals surface area contributed by atoms with Crippen LogP contribution in [0.2, 0.25) is 0 Å². The van der Waals surface area contributed by atoms with Gasteiger partial charge >= 0.3 is 0 Å². The average molecular weight is 289 g/mol. The van der Waals surface area contributed by atoms with Crippen molar-refractivity contribution in [2.75, 3.05) is 13.4 Å². The van der Waals surface area contributed by atoms with E-state index in [2.05, 4.69) is 27.1 Å². The Morgan fingerprint density at radius 2 is 2.07 bits per heavy atom. The minimum absolute atomic E-state index is 0.542. The summed E-state index contributed by atoms with van der Waals surface area (Å²) in [4.78, 5) is 0. The average Bonchev–Trinajstić information content (AvgIpc) is 2.14. The van der Waals surface area contributed by atoms with Crippen LogP contribution in [0.1, 0.15) is 5.56 Å². The molecule has 0 unspecified atom stereocenters. The molecule has 1 aromatic carbocycles. The number of rotatable bonds is 1. The number of methoxy groups -OCH3 is 1. The molecule has 0 aliphatic carbocycles. The summed E-state index contributed by atoms with van der Waals surface area (Å²) in [5.74, 6) is 3.09. The van der Waals surface area contributed by atoms with Gasteiger partial charge in [0.25, 0.3) is 0 Å². The van der Waals surface area contributed by atoms with Gasteiger partial charge in [-0.15, -0.1) is 0 Å². The van der Waals surface area contributed by atoms with E-state index in [1.54, 1.807) is 18.2 Å². The van der Waals surface area contributed by atoms with Crippen LogP contribution in [0.25, 0.3) is 0 Å². The Hall–Kier alpha value is -0.990. The van der Waals surface area contributed by atoms with E-state index in [-0.39, 0.29) is 0 Å². The number of benzene rings is 1. The fraction of sp³-hybridized carbons (Fsp3) is 0.200. The lowest BCUT2D eigenvalue weighted by molar-refractivity contribution is 0.413. The molecule has 0 heterocycles. The second kappa shape index (κ2) is 4.69. The number of sulfone groups is 1. The highest BCUT2D eigenvalue weighted by Crippen LogP contribution is 2.22. The molecule has 0 fully saturated rings. The van der Waals surface area contributed by atoms with Crippen molar-refractivity contribution in [3.8, 4) is 16.9 Å². The Balaban J connectivity index is 3.20. The van der Waals surface area contributed by atoms with Crippen LogP contribution >= 0.6 is 15.9 Å². The highest BCUT2D eigenvalue weighted by molar-refractivity contribution is 9.10. The standard InChI is InChI=1S/C10H9BrO3S/c1-14-10-7-9(11)4-3-8(10)5-6-15(2,12)13/h3-4,7H,1-2H3. The topological polar surface area (TPSA) is 43.4 Å². The first-order valence-corrected chi connectivity index (χ1v) is 6.67. The van der Waals surface area contributed by atoms with Crippen LogP contribution in [-0.2, 0) is 9.84 Å². The Bertz CT molecular complexity index is 523. The summed E-state index contributed by atoms with van der Waals surface area (Å²) in [6, 6.07) is 5.20. The lowest BCUT2D eigenvalue weighted by Crippen LogP contribution is -1.91. The smallest absolute Gasteiger partial charge is 0.214 e. The van der Waals surface area contributed by atoms with E-state index >= 15 is 0 Å². The summed E-state index contributed by atoms with van der Waals surface area (Å²) >= 11 is 3.28. The zero-order chi connectivity index (χ0) is 11.5. The van der Waals surface area contributed by atoms with Crippen molar-refractivity contribution in [1.29, 1.82) is 0 Å². The zero-order valence-corrected chi connectivity index (χ0v) is 10.6. The molecule has 3 nitrogen and oxygen atoms in total. The number of hydrogen-bond donors (Lipinski definition) is 0. The predicted octanol–water partition coefficient (Wildman–Crippen LogP) is 1.81. The van der Waals surface area contributed by atoms with E-state index in [9.17, 15) is 8.42 Å². The minimum Gasteiger partial charge on any atom is -0.495 e. The fourth-order valence-corrected chi connectivity index (χ4v) is 1.55. The van der Waals surface area contributed by atoms with Crippen LogP contribution < -0.4 is 4.74 Å². The van der Waals surface area contributed by atoms with Crippen molar-refractivity contribution in [3.63, 3.8) is 0 Å². The second-order valence-corrected chi connectivity index (χ2v) is 5.51. The molecule has 0 radical (unpaired) electrons. The molecule has 0 saturated carbocycles. The maximum atomic E-state index is 10.8. The molecule has 0 aromatic heterocycles. The maximum absolute atomic E-state index is 10.8. The summed E-state index contributed by atoms with van der Waals surface area (Å²) in [5, 5.41) is 2.16. The molecule has 0 spiro atoms. The van der Waals surface area contributed by atoms with E-state index < -0.39 is 9.84 Å². The van der Waals surface area contributed by atoms with Crippen LogP contribution in [0.4, 0.5) is 0 Å². The molecular weight excluding hydrogens is 280 g/mol. The van der Waals surface area contributed by atoms with E-state index in [0.717, 1.165) is 10.7 Å². The Kier molecular flexibility index (Phi) is 3.77. The van der Waals surface area contributed by atoms with Gasteiger partial charge in [0.05, 0.1) is 18.9 Å². The van der Waals surface area contributed by atoms with Crippen molar-refractivity contribution in [3.05, 3.63) is 28.2 Å². The molecule has 80 valence electrons. The van der Waals surface area contributed by atoms with E-state index in [4.69, 9.17) is 4.74 Å². The Morgan fingerprint density at radius 1 is 1.40 bits per heavy atom. The summed E-state index contributed by atoms with van der Waals surface area (Å²) in [6.07, 6.45) is 1.06. The number of hydrogen-bond acceptors (Lipinski definition) is 3. The third kappa shape index (κ3) is 3.94. The van der Waals surface area contributed by atoms with Crippen molar-refractivity contribution >= 4 is 25.8 Å². The van der Waals surface area contributed by atoms with Crippen LogP contribution in [0, 0.1) is 11.2 Å². The van der Waals surface area contributed by atoms with Crippen LogP contribution in [0.5, 0.6) is 5.75 Å². The molecule has 0 aliphatic rings. The molecular formula is C10H9BrO3S. The van der Waals surface area contributed by atoms with Crippen molar-refractivity contribution in [1.82, 2.24) is 0 Å². The maximum Gasteiger partial charge on any atom is 0.214 e. The highest BCUT2D eigenvalue weighted by atomic mass is 79.9. The molecule has 0 N–H and O–H groups in total. The van der Waals surface area contributed by atoms with Crippen LogP contribution in [-0.4, -0.2) is 21.8 Å². The third-order valence-electron chi connectivity index (χ3n) is 1.53. The number of halogens is 1. The molecule has 5 heteroatoms. The van der Waals surface area contributed by atoms with Gasteiger partial charge in [-0.3, -0.25) is 0 Å². The third-order valence-corrected chi connectivity index (χ3v) is 2.50. The summed E-state index contributed by atoms with van der Waals surface area (Å²) in [6.45, 7) is 0. The molecule has 0 aliphatic heterocycles. The SMILES string of the molecule is COc1cc(Br)ccc1C#CS(C)(=O)=O. The lowest BCUT2D eigenvalue weighted by Gasteiger charge is -2.02. The molecule has 15 heavy (non-hydrogen) atoms. The van der Waals surface area contributed by atoms with Gasteiger partial charge in [-0.1, -0.05) is 15.9 Å². The van der Waals surface area contributed by atoms with Gasteiger partial charge in [0.15, 0.2) is 0 Å². The summed E-state index contributed by atoms with van der Waals surface area (Å²) < 4.78 is 27.6. The monoisotopic (exact) mass is 288 g/mol. The van der Waals surface area contributed by atoms with Crippen LogP contribution in [0.15, 0.2) is 22.7 Å². The van der Waals surface area contributed by atoms with Gasteiger partial charge in [0.2, 0.25) is 9.84 Å². The summed E-state index contributed by atoms with van der Waals surface area (Å²) in [7, 11) is -1.78. The highest BCUT2D eigenvalue weighted by Gasteiger charge is 2.01. The predicted molar refractivity (Wildman–Crippen MR) is 62.4 cm³/mol. The molecule has 0 bridgehead atoms. The molecule has 0 amide bonds. The quantitative estimate of drug-likeness (QED) is 0.741. The zero-order valence-electron chi connectivity index (χ0n) is 8.24. The van der Waals surface area contributed by atoms with Crippen molar-refractivity contribution in [2.24, 2.45) is 0 Å². The minimum atomic E-state index is -3.29. The second-order valence-electron chi connectivity index (χ2n) is 2.84. The largest absolute Gasteiger partial charge is 0.495 e.